The number of esters is 2. The van der Waals surface area contributed by atoms with E-state index in [4.69, 9.17) is 15.9 Å². The summed E-state index contributed by atoms with van der Waals surface area (Å²) in [5.41, 5.74) is 0.00750. The first-order valence-corrected chi connectivity index (χ1v) is 4.60. The van der Waals surface area contributed by atoms with Gasteiger partial charge < -0.3 is 9.47 Å². The summed E-state index contributed by atoms with van der Waals surface area (Å²) in [7, 11) is 0. The molecule has 0 aromatic heterocycles. The summed E-state index contributed by atoms with van der Waals surface area (Å²) in [5, 5.41) is 0. The lowest BCUT2D eigenvalue weighted by atomic mass is 10.1. The molecule has 82 valence electrons. The van der Waals surface area contributed by atoms with Gasteiger partial charge in [-0.3, -0.25) is 0 Å². The summed E-state index contributed by atoms with van der Waals surface area (Å²) in [6.07, 6.45) is 5.12. The average molecular weight is 210 g/mol. The molecule has 0 unspecified atom stereocenters. The number of terminal acetylenes is 1. The minimum Gasteiger partial charge on any atom is -0.462 e. The van der Waals surface area contributed by atoms with Crippen LogP contribution in [-0.2, 0) is 19.1 Å². The van der Waals surface area contributed by atoms with Gasteiger partial charge >= 0.3 is 11.9 Å². The van der Waals surface area contributed by atoms with Crippen LogP contribution in [0.4, 0.5) is 0 Å². The van der Waals surface area contributed by atoms with Crippen molar-refractivity contribution < 1.29 is 19.1 Å². The highest BCUT2D eigenvalue weighted by atomic mass is 16.6. The second kappa shape index (κ2) is 6.66. The van der Waals surface area contributed by atoms with Gasteiger partial charge in [0, 0.05) is 5.57 Å². The number of carbonyl (C=O) groups is 2. The molecule has 4 nitrogen and oxygen atoms in total. The lowest BCUT2D eigenvalue weighted by molar-refractivity contribution is -0.146. The smallest absolute Gasteiger partial charge is 0.346 e. The van der Waals surface area contributed by atoms with Gasteiger partial charge in [-0.2, -0.15) is 0 Å². The van der Waals surface area contributed by atoms with Gasteiger partial charge in [0.2, 0.25) is 0 Å². The fourth-order valence-corrected chi connectivity index (χ4v) is 0.868. The lowest BCUT2D eigenvalue weighted by Gasteiger charge is -2.07. The van der Waals surface area contributed by atoms with Crippen molar-refractivity contribution in [3.8, 4) is 12.3 Å². The van der Waals surface area contributed by atoms with Crippen molar-refractivity contribution in [2.75, 3.05) is 13.2 Å². The quantitative estimate of drug-likeness (QED) is 0.229. The third kappa shape index (κ3) is 3.86. The Morgan fingerprint density at radius 1 is 1.13 bits per heavy atom. The monoisotopic (exact) mass is 210 g/mol. The van der Waals surface area contributed by atoms with Crippen LogP contribution in [-0.4, -0.2) is 25.2 Å². The molecule has 0 N–H and O–H groups in total. The molecular formula is C11H14O4. The molecule has 0 bridgehead atoms. The molecule has 15 heavy (non-hydrogen) atoms. The maximum absolute atomic E-state index is 11.4. The summed E-state index contributed by atoms with van der Waals surface area (Å²) < 4.78 is 9.40. The first-order valence-electron chi connectivity index (χ1n) is 4.60. The molecule has 0 amide bonds. The highest BCUT2D eigenvalue weighted by Crippen LogP contribution is 2.08. The van der Waals surface area contributed by atoms with E-state index >= 15 is 0 Å². The summed E-state index contributed by atoms with van der Waals surface area (Å²) in [4.78, 5) is 22.8. The second-order valence-corrected chi connectivity index (χ2v) is 2.59. The van der Waals surface area contributed by atoms with Crippen molar-refractivity contribution in [2.45, 2.75) is 20.8 Å². The molecule has 0 aromatic carbocycles. The van der Waals surface area contributed by atoms with Crippen molar-refractivity contribution in [2.24, 2.45) is 0 Å². The zero-order chi connectivity index (χ0) is 11.8. The third-order valence-corrected chi connectivity index (χ3v) is 1.55. The Balaban J connectivity index is 5.01. The highest BCUT2D eigenvalue weighted by molar-refractivity contribution is 6.15. The molecule has 0 fully saturated rings. The molecule has 0 aromatic rings. The van der Waals surface area contributed by atoms with Gasteiger partial charge in [0.25, 0.3) is 0 Å². The number of carbonyl (C=O) groups excluding carboxylic acids is 2. The molecule has 0 atom stereocenters. The Morgan fingerprint density at radius 2 is 1.53 bits per heavy atom. The van der Waals surface area contributed by atoms with Gasteiger partial charge in [0.15, 0.2) is 5.57 Å². The molecule has 0 heterocycles. The Bertz CT molecular complexity index is 300. The topological polar surface area (TPSA) is 52.6 Å². The zero-order valence-corrected chi connectivity index (χ0v) is 9.12. The Morgan fingerprint density at radius 3 is 1.80 bits per heavy atom. The van der Waals surface area contributed by atoms with Gasteiger partial charge in [-0.15, -0.1) is 6.42 Å². The average Bonchev–Trinajstić information content (AvgIpc) is 2.18. The van der Waals surface area contributed by atoms with Gasteiger partial charge in [0.05, 0.1) is 13.2 Å². The van der Waals surface area contributed by atoms with Gasteiger partial charge in [-0.1, -0.05) is 5.92 Å². The first kappa shape index (κ1) is 13.2. The molecule has 0 rings (SSSR count). The molecule has 0 aliphatic carbocycles. The third-order valence-electron chi connectivity index (χ3n) is 1.55. The van der Waals surface area contributed by atoms with Crippen LogP contribution < -0.4 is 0 Å². The van der Waals surface area contributed by atoms with E-state index in [0.717, 1.165) is 0 Å². The summed E-state index contributed by atoms with van der Waals surface area (Å²) >= 11 is 0. The number of allylic oxidation sites excluding steroid dienone is 1. The van der Waals surface area contributed by atoms with Crippen molar-refractivity contribution in [1.82, 2.24) is 0 Å². The normalized spacial score (nSPS) is 8.67. The molecule has 0 saturated heterocycles. The number of rotatable bonds is 4. The highest BCUT2D eigenvalue weighted by Gasteiger charge is 2.23. The van der Waals surface area contributed by atoms with Crippen LogP contribution in [0, 0.1) is 12.3 Å². The molecule has 0 aliphatic rings. The minimum absolute atomic E-state index is 0.180. The van der Waals surface area contributed by atoms with Gasteiger partial charge in [-0.05, 0) is 20.8 Å². The predicted molar refractivity (Wildman–Crippen MR) is 54.8 cm³/mol. The Labute approximate surface area is 89.2 Å². The van der Waals surface area contributed by atoms with Crippen molar-refractivity contribution in [3.05, 3.63) is 11.1 Å². The second-order valence-electron chi connectivity index (χ2n) is 2.59. The van der Waals surface area contributed by atoms with E-state index in [9.17, 15) is 9.59 Å². The van der Waals surface area contributed by atoms with Crippen LogP contribution in [0.5, 0.6) is 0 Å². The van der Waals surface area contributed by atoms with Crippen LogP contribution in [0.3, 0.4) is 0 Å². The maximum atomic E-state index is 11.4. The standard InChI is InChI=1S/C11H14O4/c1-5-8(4)9(10(12)14-6-2)11(13)15-7-3/h1H,6-7H2,2-4H3. The molecule has 0 spiro atoms. The number of hydrogen-bond donors (Lipinski definition) is 0. The Hall–Kier alpha value is -1.76. The molecule has 0 saturated carbocycles. The number of ether oxygens (including phenoxy) is 2. The summed E-state index contributed by atoms with van der Waals surface area (Å²) in [6.45, 7) is 5.14. The van der Waals surface area contributed by atoms with E-state index < -0.39 is 11.9 Å². The van der Waals surface area contributed by atoms with Crippen LogP contribution in [0.1, 0.15) is 20.8 Å². The molecular weight excluding hydrogens is 196 g/mol. The SMILES string of the molecule is C#CC(C)=C(C(=O)OCC)C(=O)OCC. The van der Waals surface area contributed by atoms with E-state index in [-0.39, 0.29) is 24.4 Å². The zero-order valence-electron chi connectivity index (χ0n) is 9.12. The van der Waals surface area contributed by atoms with Gasteiger partial charge in [0.1, 0.15) is 0 Å². The van der Waals surface area contributed by atoms with Gasteiger partial charge in [-0.25, -0.2) is 9.59 Å². The van der Waals surface area contributed by atoms with E-state index in [0.29, 0.717) is 0 Å². The van der Waals surface area contributed by atoms with Crippen LogP contribution in [0.25, 0.3) is 0 Å². The minimum atomic E-state index is -0.744. The van der Waals surface area contributed by atoms with Crippen LogP contribution in [0.2, 0.25) is 0 Å². The Kier molecular flexibility index (Phi) is 5.88. The van der Waals surface area contributed by atoms with E-state index in [1.807, 2.05) is 0 Å². The molecule has 0 radical (unpaired) electrons. The van der Waals surface area contributed by atoms with E-state index in [2.05, 4.69) is 5.92 Å². The largest absolute Gasteiger partial charge is 0.462 e. The van der Waals surface area contributed by atoms with Crippen LogP contribution in [0.15, 0.2) is 11.1 Å². The lowest BCUT2D eigenvalue weighted by Crippen LogP contribution is -2.19. The van der Waals surface area contributed by atoms with Crippen molar-refractivity contribution in [1.29, 1.82) is 0 Å². The fourth-order valence-electron chi connectivity index (χ4n) is 0.868. The first-order chi connectivity index (χ1) is 7.08. The van der Waals surface area contributed by atoms with Crippen molar-refractivity contribution >= 4 is 11.9 Å². The summed E-state index contributed by atoms with van der Waals surface area (Å²) in [5.74, 6) is 0.733. The fraction of sp³-hybridized carbons (Fsp3) is 0.455. The van der Waals surface area contributed by atoms with E-state index in [1.54, 1.807) is 13.8 Å². The predicted octanol–water partition coefficient (Wildman–Crippen LogP) is 1.06. The van der Waals surface area contributed by atoms with Crippen molar-refractivity contribution in [3.63, 3.8) is 0 Å². The molecule has 0 aliphatic heterocycles. The molecule has 4 heteroatoms. The summed E-state index contributed by atoms with van der Waals surface area (Å²) in [6, 6.07) is 0. The maximum Gasteiger partial charge on any atom is 0.346 e. The van der Waals surface area contributed by atoms with E-state index in [1.165, 1.54) is 6.92 Å². The number of hydrogen-bond acceptors (Lipinski definition) is 4. The van der Waals surface area contributed by atoms with Crippen LogP contribution >= 0.6 is 0 Å².